The van der Waals surface area contributed by atoms with Crippen molar-refractivity contribution in [2.75, 3.05) is 26.3 Å². The van der Waals surface area contributed by atoms with Crippen molar-refractivity contribution in [1.82, 2.24) is 10.1 Å². The summed E-state index contributed by atoms with van der Waals surface area (Å²) in [6, 6.07) is 10.4. The molecule has 0 bridgehead atoms. The number of carboxylic acids is 1. The first kappa shape index (κ1) is 26.7. The van der Waals surface area contributed by atoms with Gasteiger partial charge in [-0.05, 0) is 28.7 Å². The molecule has 0 aliphatic carbocycles. The lowest BCUT2D eigenvalue weighted by atomic mass is 9.94. The van der Waals surface area contributed by atoms with Crippen LogP contribution in [0.1, 0.15) is 48.3 Å². The van der Waals surface area contributed by atoms with Crippen molar-refractivity contribution in [3.8, 4) is 33.9 Å². The maximum Gasteiger partial charge on any atom is 0.358 e. The predicted octanol–water partition coefficient (Wildman–Crippen LogP) is 3.57. The van der Waals surface area contributed by atoms with Gasteiger partial charge in [0.05, 0.1) is 24.3 Å². The molecular formula is C26H31N3O7. The molecule has 1 fully saturated rings. The van der Waals surface area contributed by atoms with Crippen LogP contribution < -0.4 is 5.73 Å². The molecule has 1 saturated heterocycles. The van der Waals surface area contributed by atoms with E-state index in [1.54, 1.807) is 6.07 Å². The number of amides is 1. The maximum absolute atomic E-state index is 11.8. The molecule has 0 atom stereocenters. The topological polar surface area (TPSA) is 159 Å². The highest BCUT2D eigenvalue weighted by molar-refractivity contribution is 5.99. The van der Waals surface area contributed by atoms with E-state index in [1.165, 1.54) is 13.0 Å². The number of hydrogen-bond donors (Lipinski definition) is 4. The first-order valence-corrected chi connectivity index (χ1v) is 11.5. The van der Waals surface area contributed by atoms with E-state index in [0.717, 1.165) is 38.4 Å². The Labute approximate surface area is 208 Å². The van der Waals surface area contributed by atoms with Gasteiger partial charge in [-0.25, -0.2) is 4.79 Å². The summed E-state index contributed by atoms with van der Waals surface area (Å²) in [4.78, 5) is 23.4. The molecule has 10 nitrogen and oxygen atoms in total. The second-order valence-electron chi connectivity index (χ2n) is 8.82. The molecular weight excluding hydrogens is 466 g/mol. The lowest BCUT2D eigenvalue weighted by molar-refractivity contribution is -0.115. The Bertz CT molecular complexity index is 1210. The largest absolute Gasteiger partial charge is 0.508 e. The van der Waals surface area contributed by atoms with Crippen LogP contribution >= 0.6 is 0 Å². The van der Waals surface area contributed by atoms with Gasteiger partial charge in [0.1, 0.15) is 11.5 Å². The number of carbonyl (C=O) groups excluding carboxylic acids is 1. The zero-order chi connectivity index (χ0) is 26.4. The second kappa shape index (κ2) is 11.7. The lowest BCUT2D eigenvalue weighted by Crippen LogP contribution is -2.35. The molecule has 4 rings (SSSR count). The van der Waals surface area contributed by atoms with E-state index in [1.807, 2.05) is 38.1 Å². The Morgan fingerprint density at radius 2 is 1.69 bits per heavy atom. The summed E-state index contributed by atoms with van der Waals surface area (Å²) in [7, 11) is 0. The summed E-state index contributed by atoms with van der Waals surface area (Å²) in [5.41, 5.74) is 7.12. The van der Waals surface area contributed by atoms with Crippen LogP contribution in [-0.2, 0) is 16.1 Å². The molecule has 1 aromatic heterocycles. The van der Waals surface area contributed by atoms with Gasteiger partial charge >= 0.3 is 5.97 Å². The summed E-state index contributed by atoms with van der Waals surface area (Å²) < 4.78 is 10.8. The molecule has 1 aliphatic rings. The third-order valence-electron chi connectivity index (χ3n) is 5.66. The molecule has 0 spiro atoms. The average molecular weight is 498 g/mol. The van der Waals surface area contributed by atoms with Crippen molar-refractivity contribution in [2.24, 2.45) is 5.73 Å². The minimum Gasteiger partial charge on any atom is -0.508 e. The summed E-state index contributed by atoms with van der Waals surface area (Å²) >= 11 is 0. The van der Waals surface area contributed by atoms with Gasteiger partial charge < -0.3 is 30.3 Å². The van der Waals surface area contributed by atoms with Gasteiger partial charge in [0.15, 0.2) is 11.5 Å². The first-order valence-electron chi connectivity index (χ1n) is 11.5. The standard InChI is InChI=1S/C24H26N2O6.C2H5NO/c1-14(2)17-11-18(20(28)12-19(17)27)23-21(22(24(29)30)25-32-23)16-5-3-15(4-6-16)13-26-7-9-31-10-8-26;1-2(3)4/h3-6,11-12,14,27-28H,7-10,13H2,1-2H3,(H,29,30);1H3,(H2,3,4). The molecule has 192 valence electrons. The van der Waals surface area contributed by atoms with E-state index >= 15 is 0 Å². The third kappa shape index (κ3) is 6.41. The van der Waals surface area contributed by atoms with E-state index in [0.29, 0.717) is 11.1 Å². The molecule has 2 heterocycles. The lowest BCUT2D eigenvalue weighted by Gasteiger charge is -2.26. The zero-order valence-electron chi connectivity index (χ0n) is 20.5. The number of ether oxygens (including phenoxy) is 1. The van der Waals surface area contributed by atoms with Crippen LogP contribution in [0.4, 0.5) is 0 Å². The van der Waals surface area contributed by atoms with Gasteiger partial charge in [-0.2, -0.15) is 0 Å². The van der Waals surface area contributed by atoms with Gasteiger partial charge in [-0.1, -0.05) is 43.3 Å². The predicted molar refractivity (Wildman–Crippen MR) is 133 cm³/mol. The zero-order valence-corrected chi connectivity index (χ0v) is 20.5. The molecule has 0 unspecified atom stereocenters. The number of phenols is 2. The molecule has 10 heteroatoms. The van der Waals surface area contributed by atoms with E-state index in [9.17, 15) is 24.9 Å². The number of aromatic carboxylic acids is 1. The Morgan fingerprint density at radius 1 is 1.08 bits per heavy atom. The van der Waals surface area contributed by atoms with Crippen LogP contribution in [0.3, 0.4) is 0 Å². The van der Waals surface area contributed by atoms with Gasteiger partial charge in [0.2, 0.25) is 5.91 Å². The number of benzene rings is 2. The Morgan fingerprint density at radius 3 is 2.25 bits per heavy atom. The highest BCUT2D eigenvalue weighted by Crippen LogP contribution is 2.43. The number of morpholine rings is 1. The fraction of sp³-hybridized carbons (Fsp3) is 0.346. The number of nitrogens with two attached hydrogens (primary N) is 1. The molecule has 5 N–H and O–H groups in total. The monoisotopic (exact) mass is 497 g/mol. The molecule has 36 heavy (non-hydrogen) atoms. The summed E-state index contributed by atoms with van der Waals surface area (Å²) in [6.45, 7) is 9.09. The van der Waals surface area contributed by atoms with Crippen LogP contribution in [-0.4, -0.2) is 63.6 Å². The minimum atomic E-state index is -1.23. The van der Waals surface area contributed by atoms with Crippen LogP contribution in [0, 0.1) is 0 Å². The van der Waals surface area contributed by atoms with Crippen molar-refractivity contribution in [3.63, 3.8) is 0 Å². The van der Waals surface area contributed by atoms with Crippen molar-refractivity contribution >= 4 is 11.9 Å². The molecule has 0 radical (unpaired) electrons. The number of aromatic hydroxyl groups is 2. The highest BCUT2D eigenvalue weighted by Gasteiger charge is 2.27. The van der Waals surface area contributed by atoms with Crippen LogP contribution in [0.2, 0.25) is 0 Å². The smallest absolute Gasteiger partial charge is 0.358 e. The summed E-state index contributed by atoms with van der Waals surface area (Å²) in [5, 5.41) is 34.1. The second-order valence-corrected chi connectivity index (χ2v) is 8.82. The van der Waals surface area contributed by atoms with Crippen molar-refractivity contribution in [2.45, 2.75) is 33.2 Å². The first-order chi connectivity index (χ1) is 17.1. The highest BCUT2D eigenvalue weighted by atomic mass is 16.5. The van der Waals surface area contributed by atoms with Crippen molar-refractivity contribution in [3.05, 3.63) is 53.2 Å². The van der Waals surface area contributed by atoms with Crippen LogP contribution in [0.25, 0.3) is 22.5 Å². The number of aromatic nitrogens is 1. The SMILES string of the molecule is CC(C)c1cc(-c2onc(C(=O)O)c2-c2ccc(CN3CCOCC3)cc2)c(O)cc1O.CC(N)=O. The number of nitrogens with zero attached hydrogens (tertiary/aromatic N) is 2. The molecule has 1 amide bonds. The Hall–Kier alpha value is -3.89. The summed E-state index contributed by atoms with van der Waals surface area (Å²) in [6.07, 6.45) is 0. The van der Waals surface area contributed by atoms with Crippen molar-refractivity contribution < 1.29 is 34.2 Å². The van der Waals surface area contributed by atoms with E-state index in [4.69, 9.17) is 9.26 Å². The van der Waals surface area contributed by atoms with E-state index in [-0.39, 0.29) is 45.9 Å². The quantitative estimate of drug-likeness (QED) is 0.399. The number of rotatable bonds is 6. The third-order valence-corrected chi connectivity index (χ3v) is 5.66. The van der Waals surface area contributed by atoms with Gasteiger partial charge in [0, 0.05) is 32.6 Å². The number of carboxylic acid groups (broad SMARTS) is 1. The molecule has 1 aliphatic heterocycles. The normalized spacial score (nSPS) is 13.8. The number of carbonyl (C=O) groups is 2. The van der Waals surface area contributed by atoms with E-state index < -0.39 is 5.97 Å². The van der Waals surface area contributed by atoms with Crippen molar-refractivity contribution in [1.29, 1.82) is 0 Å². The van der Waals surface area contributed by atoms with Gasteiger partial charge in [0.25, 0.3) is 0 Å². The van der Waals surface area contributed by atoms with Gasteiger partial charge in [-0.3, -0.25) is 9.69 Å². The molecule has 0 saturated carbocycles. The fourth-order valence-electron chi connectivity index (χ4n) is 3.92. The number of phenolic OH excluding ortho intramolecular Hbond substituents is 2. The summed E-state index contributed by atoms with van der Waals surface area (Å²) in [5.74, 6) is -1.69. The number of hydrogen-bond acceptors (Lipinski definition) is 8. The molecule has 2 aromatic carbocycles. The van der Waals surface area contributed by atoms with Gasteiger partial charge in [-0.15, -0.1) is 0 Å². The Kier molecular flexibility index (Phi) is 8.68. The molecule has 3 aromatic rings. The minimum absolute atomic E-state index is 0.0147. The average Bonchev–Trinajstić information content (AvgIpc) is 3.25. The van der Waals surface area contributed by atoms with E-state index in [2.05, 4.69) is 15.8 Å². The van der Waals surface area contributed by atoms with Crippen LogP contribution in [0.15, 0.2) is 40.9 Å². The fourth-order valence-corrected chi connectivity index (χ4v) is 3.92. The van der Waals surface area contributed by atoms with Crippen LogP contribution in [0.5, 0.6) is 11.5 Å². The maximum atomic E-state index is 11.8. The number of primary amides is 1. The Balaban J connectivity index is 0.000000840.